The number of nitrogens with zero attached hydrogens (tertiary/aromatic N) is 2. The zero-order valence-corrected chi connectivity index (χ0v) is 25.6. The SMILES string of the molecule is C1=CCC(c2ccc(C3=CC(N4C5=C(C=CCC5)C5C6=C(C=CC54)NC(c4ccccc4)O6)N=C(c4ccccc4)N3)cc2)C=C1. The van der Waals surface area contributed by atoms with E-state index in [1.165, 1.54) is 22.4 Å². The third-order valence-corrected chi connectivity index (χ3v) is 9.92. The first kappa shape index (κ1) is 27.1. The fraction of sp³-hybridized carbons (Fsp3) is 0.195. The summed E-state index contributed by atoms with van der Waals surface area (Å²) < 4.78 is 6.74. The minimum Gasteiger partial charge on any atom is -0.468 e. The molecule has 5 unspecified atom stereocenters. The van der Waals surface area contributed by atoms with E-state index in [1.54, 1.807) is 0 Å². The molecule has 0 bridgehead atoms. The van der Waals surface area contributed by atoms with Crippen LogP contribution in [0.1, 0.15) is 53.7 Å². The fourth-order valence-electron chi connectivity index (χ4n) is 7.68. The van der Waals surface area contributed by atoms with Crippen molar-refractivity contribution >= 4 is 11.5 Å². The molecule has 2 N–H and O–H groups in total. The van der Waals surface area contributed by atoms with Crippen molar-refractivity contribution in [2.75, 3.05) is 0 Å². The zero-order valence-electron chi connectivity index (χ0n) is 25.6. The Labute approximate surface area is 270 Å². The third-order valence-electron chi connectivity index (χ3n) is 9.92. The van der Waals surface area contributed by atoms with Crippen molar-refractivity contribution in [1.29, 1.82) is 0 Å². The molecule has 0 radical (unpaired) electrons. The number of rotatable bonds is 5. The Morgan fingerprint density at radius 2 is 1.61 bits per heavy atom. The summed E-state index contributed by atoms with van der Waals surface area (Å²) in [4.78, 5) is 7.96. The van der Waals surface area contributed by atoms with Crippen LogP contribution in [-0.4, -0.2) is 22.9 Å². The number of benzene rings is 3. The monoisotopic (exact) mass is 600 g/mol. The van der Waals surface area contributed by atoms with Gasteiger partial charge in [0.25, 0.3) is 0 Å². The summed E-state index contributed by atoms with van der Waals surface area (Å²) in [7, 11) is 0. The number of fused-ring (bicyclic) bond motifs is 3. The summed E-state index contributed by atoms with van der Waals surface area (Å²) >= 11 is 0. The van der Waals surface area contributed by atoms with E-state index >= 15 is 0 Å². The van der Waals surface area contributed by atoms with Crippen molar-refractivity contribution in [2.45, 2.75) is 43.6 Å². The highest BCUT2D eigenvalue weighted by atomic mass is 16.5. The van der Waals surface area contributed by atoms with E-state index in [1.807, 2.05) is 6.07 Å². The Balaban J connectivity index is 1.08. The normalized spacial score (nSPS) is 27.3. The van der Waals surface area contributed by atoms with Crippen molar-refractivity contribution in [3.63, 3.8) is 0 Å². The van der Waals surface area contributed by atoms with Crippen LogP contribution in [0.2, 0.25) is 0 Å². The lowest BCUT2D eigenvalue weighted by Gasteiger charge is -2.37. The van der Waals surface area contributed by atoms with E-state index in [4.69, 9.17) is 9.73 Å². The Morgan fingerprint density at radius 1 is 0.783 bits per heavy atom. The lowest BCUT2D eigenvalue weighted by molar-refractivity contribution is 0.102. The molecule has 0 saturated carbocycles. The van der Waals surface area contributed by atoms with Crippen LogP contribution in [-0.2, 0) is 4.74 Å². The van der Waals surface area contributed by atoms with Gasteiger partial charge >= 0.3 is 0 Å². The second kappa shape index (κ2) is 11.3. The molecule has 6 aliphatic rings. The number of hydrogen-bond acceptors (Lipinski definition) is 5. The van der Waals surface area contributed by atoms with Gasteiger partial charge < -0.3 is 20.3 Å². The highest BCUT2D eigenvalue weighted by Crippen LogP contribution is 2.50. The van der Waals surface area contributed by atoms with Crippen LogP contribution in [0.25, 0.3) is 5.70 Å². The molecule has 0 spiro atoms. The molecular formula is C41H36N4O. The average molecular weight is 601 g/mol. The molecule has 0 fully saturated rings. The van der Waals surface area contributed by atoms with Crippen molar-refractivity contribution in [3.8, 4) is 0 Å². The highest BCUT2D eigenvalue weighted by molar-refractivity contribution is 6.04. The number of amidine groups is 1. The van der Waals surface area contributed by atoms with Gasteiger partial charge in [0.2, 0.25) is 0 Å². The van der Waals surface area contributed by atoms with Crippen LogP contribution in [0, 0.1) is 5.92 Å². The summed E-state index contributed by atoms with van der Waals surface area (Å²) in [6.45, 7) is 0. The van der Waals surface area contributed by atoms with Gasteiger partial charge in [-0.3, -0.25) is 0 Å². The van der Waals surface area contributed by atoms with Gasteiger partial charge in [0.1, 0.15) is 17.8 Å². The molecule has 5 atom stereocenters. The maximum absolute atomic E-state index is 6.74. The summed E-state index contributed by atoms with van der Waals surface area (Å²) in [5, 5.41) is 7.36. The smallest absolute Gasteiger partial charge is 0.196 e. The maximum atomic E-state index is 6.74. The maximum Gasteiger partial charge on any atom is 0.196 e. The number of hydrogen-bond donors (Lipinski definition) is 2. The Morgan fingerprint density at radius 3 is 2.41 bits per heavy atom. The Kier molecular flexibility index (Phi) is 6.62. The molecule has 0 aromatic heterocycles. The van der Waals surface area contributed by atoms with E-state index in [2.05, 4.69) is 149 Å². The van der Waals surface area contributed by atoms with E-state index < -0.39 is 0 Å². The standard InChI is InChI=1S/C41H36N4O/c1-4-12-27(13-5-1)28-20-22-29(23-21-28)34-26-37(44-40(42-34)30-14-6-2-7-15-30)45-35-19-11-10-18-32(35)38-36(45)25-24-33-39(38)46-41(43-33)31-16-8-3-9-17-31/h1-10,12,14-18,20-27,36-38,41,43H,11,13,19H2,(H,42,44). The number of nitrogens with one attached hydrogen (secondary N) is 2. The molecule has 5 nitrogen and oxygen atoms in total. The highest BCUT2D eigenvalue weighted by Gasteiger charge is 2.48. The second-order valence-corrected chi connectivity index (χ2v) is 12.6. The molecular weight excluding hydrogens is 564 g/mol. The average Bonchev–Trinajstić information content (AvgIpc) is 3.72. The van der Waals surface area contributed by atoms with Gasteiger partial charge in [-0.15, -0.1) is 0 Å². The predicted octanol–water partition coefficient (Wildman–Crippen LogP) is 8.01. The molecule has 46 heavy (non-hydrogen) atoms. The predicted molar refractivity (Wildman–Crippen MR) is 184 cm³/mol. The fourth-order valence-corrected chi connectivity index (χ4v) is 7.68. The van der Waals surface area contributed by atoms with E-state index in [0.717, 1.165) is 53.4 Å². The van der Waals surface area contributed by atoms with Crippen LogP contribution >= 0.6 is 0 Å². The molecule has 3 aliphatic carbocycles. The van der Waals surface area contributed by atoms with Gasteiger partial charge in [0.05, 0.1) is 17.7 Å². The van der Waals surface area contributed by atoms with Gasteiger partial charge in [0.15, 0.2) is 6.23 Å². The van der Waals surface area contributed by atoms with Crippen LogP contribution in [0.4, 0.5) is 0 Å². The van der Waals surface area contributed by atoms with Gasteiger partial charge in [-0.2, -0.15) is 0 Å². The Hall–Kier alpha value is -5.29. The quantitative estimate of drug-likeness (QED) is 0.312. The van der Waals surface area contributed by atoms with Crippen LogP contribution in [0.5, 0.6) is 0 Å². The number of aliphatic imine (C=N–C) groups is 1. The van der Waals surface area contributed by atoms with Gasteiger partial charge in [0, 0.05) is 28.4 Å². The first-order valence-electron chi connectivity index (χ1n) is 16.4. The first-order chi connectivity index (χ1) is 22.8. The molecule has 3 aromatic carbocycles. The molecule has 3 aromatic rings. The molecule has 5 heteroatoms. The molecule has 0 saturated heterocycles. The van der Waals surface area contributed by atoms with Crippen LogP contribution in [0.15, 0.2) is 167 Å². The Bertz CT molecular complexity index is 1910. The second-order valence-electron chi connectivity index (χ2n) is 12.6. The molecule has 3 aliphatic heterocycles. The van der Waals surface area contributed by atoms with Crippen LogP contribution < -0.4 is 10.6 Å². The lowest BCUT2D eigenvalue weighted by Crippen LogP contribution is -2.44. The summed E-state index contributed by atoms with van der Waals surface area (Å²) in [6, 6.07) is 30.1. The summed E-state index contributed by atoms with van der Waals surface area (Å²) in [5.74, 6) is 2.48. The van der Waals surface area contributed by atoms with Crippen molar-refractivity contribution in [1.82, 2.24) is 15.5 Å². The minimum absolute atomic E-state index is 0.109. The van der Waals surface area contributed by atoms with Gasteiger partial charge in [-0.05, 0) is 48.1 Å². The van der Waals surface area contributed by atoms with E-state index in [-0.39, 0.29) is 24.4 Å². The molecule has 3 heterocycles. The zero-order chi connectivity index (χ0) is 30.5. The van der Waals surface area contributed by atoms with E-state index in [9.17, 15) is 0 Å². The van der Waals surface area contributed by atoms with Crippen molar-refractivity contribution in [2.24, 2.45) is 10.9 Å². The minimum atomic E-state index is -0.184. The number of allylic oxidation sites excluding steroid dienone is 8. The first-order valence-corrected chi connectivity index (χ1v) is 16.4. The molecule has 226 valence electrons. The van der Waals surface area contributed by atoms with Crippen LogP contribution in [0.3, 0.4) is 0 Å². The third kappa shape index (κ3) is 4.66. The van der Waals surface area contributed by atoms with E-state index in [0.29, 0.717) is 5.92 Å². The topological polar surface area (TPSA) is 48.9 Å². The van der Waals surface area contributed by atoms with Crippen molar-refractivity contribution < 1.29 is 4.74 Å². The van der Waals surface area contributed by atoms with Gasteiger partial charge in [-0.25, -0.2) is 4.99 Å². The van der Waals surface area contributed by atoms with Gasteiger partial charge in [-0.1, -0.05) is 127 Å². The summed E-state index contributed by atoms with van der Waals surface area (Å²) in [6.07, 6.45) is 23.1. The molecule has 9 rings (SSSR count). The molecule has 0 amide bonds. The lowest BCUT2D eigenvalue weighted by atomic mass is 9.86. The van der Waals surface area contributed by atoms with Crippen molar-refractivity contribution in [3.05, 3.63) is 185 Å². The number of ether oxygens (including phenoxy) is 1. The largest absolute Gasteiger partial charge is 0.468 e. The summed E-state index contributed by atoms with van der Waals surface area (Å²) in [5.41, 5.74) is 9.62.